The second-order valence-corrected chi connectivity index (χ2v) is 3.04. The number of unbranched alkanes of at least 4 members (excludes halogenated alkanes) is 3. The van der Waals surface area contributed by atoms with Gasteiger partial charge in [-0.1, -0.05) is 18.9 Å². The van der Waals surface area contributed by atoms with E-state index in [4.69, 9.17) is 4.74 Å². The fourth-order valence-corrected chi connectivity index (χ4v) is 1.12. The molecule has 0 amide bonds. The maximum absolute atomic E-state index is 9.26. The van der Waals surface area contributed by atoms with Crippen molar-refractivity contribution < 1.29 is 9.84 Å². The van der Waals surface area contributed by atoms with E-state index in [1.165, 1.54) is 12.8 Å². The number of aliphatic hydroxyl groups is 1. The number of ether oxygens (including phenoxy) is 1. The zero-order valence-electron chi connectivity index (χ0n) is 7.96. The molecule has 12 heavy (non-hydrogen) atoms. The lowest BCUT2D eigenvalue weighted by atomic mass is 10.1. The first-order chi connectivity index (χ1) is 5.81. The lowest BCUT2D eigenvalue weighted by Gasteiger charge is -2.07. The highest BCUT2D eigenvalue weighted by Gasteiger charge is 2.01. The minimum Gasteiger partial charge on any atom is -0.391 e. The van der Waals surface area contributed by atoms with Crippen molar-refractivity contribution in [3.63, 3.8) is 0 Å². The highest BCUT2D eigenvalue weighted by atomic mass is 16.5. The van der Waals surface area contributed by atoms with Gasteiger partial charge in [0.05, 0.1) is 12.7 Å². The average Bonchev–Trinajstić information content (AvgIpc) is 2.05. The number of aliphatic hydroxyl groups excluding tert-OH is 1. The van der Waals surface area contributed by atoms with Crippen LogP contribution in [0.5, 0.6) is 0 Å². The summed E-state index contributed by atoms with van der Waals surface area (Å²) in [5, 5.41) is 9.26. The normalized spacial score (nSPS) is 12.8. The van der Waals surface area contributed by atoms with E-state index >= 15 is 0 Å². The predicted molar refractivity (Wildman–Crippen MR) is 51.2 cm³/mol. The second-order valence-electron chi connectivity index (χ2n) is 3.04. The Morgan fingerprint density at radius 2 is 2.17 bits per heavy atom. The van der Waals surface area contributed by atoms with Gasteiger partial charge in [-0.05, 0) is 19.3 Å². The van der Waals surface area contributed by atoms with Crippen molar-refractivity contribution in [1.82, 2.24) is 0 Å². The Bertz CT molecular complexity index is 102. The summed E-state index contributed by atoms with van der Waals surface area (Å²) >= 11 is 0. The standard InChI is InChI=1S/C10H20O2/c1-3-4-5-6-7-8-10(11)9-12-2/h3,10-11H,1,4-9H2,2H3. The van der Waals surface area contributed by atoms with Crippen LogP contribution in [0.15, 0.2) is 12.7 Å². The van der Waals surface area contributed by atoms with E-state index in [0.29, 0.717) is 6.61 Å². The summed E-state index contributed by atoms with van der Waals surface area (Å²) in [5.41, 5.74) is 0. The Labute approximate surface area is 75.2 Å². The number of rotatable bonds is 8. The first-order valence-electron chi connectivity index (χ1n) is 4.59. The largest absolute Gasteiger partial charge is 0.391 e. The molecule has 0 saturated heterocycles. The molecule has 0 aromatic carbocycles. The van der Waals surface area contributed by atoms with Crippen molar-refractivity contribution in [2.75, 3.05) is 13.7 Å². The molecule has 0 saturated carbocycles. The lowest BCUT2D eigenvalue weighted by Crippen LogP contribution is -2.13. The van der Waals surface area contributed by atoms with Crippen LogP contribution in [-0.2, 0) is 4.74 Å². The highest BCUT2D eigenvalue weighted by molar-refractivity contribution is 4.65. The van der Waals surface area contributed by atoms with Gasteiger partial charge in [0.25, 0.3) is 0 Å². The van der Waals surface area contributed by atoms with Crippen LogP contribution in [0, 0.1) is 0 Å². The third-order valence-electron chi connectivity index (χ3n) is 1.80. The fourth-order valence-electron chi connectivity index (χ4n) is 1.12. The van der Waals surface area contributed by atoms with Crippen LogP contribution in [0.1, 0.15) is 32.1 Å². The third-order valence-corrected chi connectivity index (χ3v) is 1.80. The second kappa shape index (κ2) is 8.75. The molecule has 1 unspecified atom stereocenters. The van der Waals surface area contributed by atoms with Gasteiger partial charge in [0, 0.05) is 7.11 Å². The molecule has 0 radical (unpaired) electrons. The number of methoxy groups -OCH3 is 1. The molecule has 1 N–H and O–H groups in total. The van der Waals surface area contributed by atoms with Crippen molar-refractivity contribution in [1.29, 1.82) is 0 Å². The molecular weight excluding hydrogens is 152 g/mol. The topological polar surface area (TPSA) is 29.5 Å². The Kier molecular flexibility index (Phi) is 8.51. The summed E-state index contributed by atoms with van der Waals surface area (Å²) in [5.74, 6) is 0. The Morgan fingerprint density at radius 1 is 1.42 bits per heavy atom. The molecule has 0 spiro atoms. The van der Waals surface area contributed by atoms with E-state index in [1.807, 2.05) is 6.08 Å². The van der Waals surface area contributed by atoms with Crippen molar-refractivity contribution >= 4 is 0 Å². The Hall–Kier alpha value is -0.340. The maximum Gasteiger partial charge on any atom is 0.0773 e. The zero-order chi connectivity index (χ0) is 9.23. The molecule has 0 aromatic heterocycles. The molecule has 0 bridgehead atoms. The van der Waals surface area contributed by atoms with E-state index in [1.54, 1.807) is 7.11 Å². The molecule has 1 atom stereocenters. The van der Waals surface area contributed by atoms with Gasteiger partial charge < -0.3 is 9.84 Å². The predicted octanol–water partition coefficient (Wildman–Crippen LogP) is 2.13. The minimum absolute atomic E-state index is 0.279. The monoisotopic (exact) mass is 172 g/mol. The van der Waals surface area contributed by atoms with Gasteiger partial charge in [0.1, 0.15) is 0 Å². The van der Waals surface area contributed by atoms with Gasteiger partial charge in [0.15, 0.2) is 0 Å². The molecule has 2 nitrogen and oxygen atoms in total. The van der Waals surface area contributed by atoms with E-state index in [9.17, 15) is 5.11 Å². The molecule has 0 aliphatic heterocycles. The van der Waals surface area contributed by atoms with Gasteiger partial charge in [-0.2, -0.15) is 0 Å². The first-order valence-corrected chi connectivity index (χ1v) is 4.59. The molecule has 0 aliphatic carbocycles. The van der Waals surface area contributed by atoms with Crippen molar-refractivity contribution in [2.24, 2.45) is 0 Å². The molecule has 0 aromatic rings. The van der Waals surface area contributed by atoms with Crippen LogP contribution in [-0.4, -0.2) is 24.9 Å². The quantitative estimate of drug-likeness (QED) is 0.449. The number of hydrogen-bond acceptors (Lipinski definition) is 2. The Morgan fingerprint density at radius 3 is 2.75 bits per heavy atom. The summed E-state index contributed by atoms with van der Waals surface area (Å²) in [6.45, 7) is 4.11. The van der Waals surface area contributed by atoms with E-state index in [2.05, 4.69) is 6.58 Å². The minimum atomic E-state index is -0.279. The van der Waals surface area contributed by atoms with Crippen LogP contribution >= 0.6 is 0 Å². The summed E-state index contributed by atoms with van der Waals surface area (Å²) in [6, 6.07) is 0. The molecule has 0 aliphatic rings. The van der Waals surface area contributed by atoms with Crippen molar-refractivity contribution in [3.05, 3.63) is 12.7 Å². The van der Waals surface area contributed by atoms with Crippen molar-refractivity contribution in [3.8, 4) is 0 Å². The summed E-state index contributed by atoms with van der Waals surface area (Å²) in [6.07, 6.45) is 7.03. The van der Waals surface area contributed by atoms with Crippen LogP contribution < -0.4 is 0 Å². The molecule has 72 valence electrons. The van der Waals surface area contributed by atoms with Gasteiger partial charge in [-0.25, -0.2) is 0 Å². The molecule has 0 heterocycles. The third kappa shape index (κ3) is 7.76. The van der Waals surface area contributed by atoms with E-state index in [0.717, 1.165) is 19.3 Å². The smallest absolute Gasteiger partial charge is 0.0773 e. The van der Waals surface area contributed by atoms with Crippen LogP contribution in [0.4, 0.5) is 0 Å². The van der Waals surface area contributed by atoms with Crippen LogP contribution in [0.2, 0.25) is 0 Å². The molecule has 2 heteroatoms. The lowest BCUT2D eigenvalue weighted by molar-refractivity contribution is 0.0576. The first kappa shape index (κ1) is 11.7. The van der Waals surface area contributed by atoms with Gasteiger partial charge in [-0.3, -0.25) is 0 Å². The molecular formula is C10H20O2. The average molecular weight is 172 g/mol. The van der Waals surface area contributed by atoms with Gasteiger partial charge in [0.2, 0.25) is 0 Å². The Balaban J connectivity index is 3.02. The summed E-state index contributed by atoms with van der Waals surface area (Å²) in [4.78, 5) is 0. The summed E-state index contributed by atoms with van der Waals surface area (Å²) < 4.78 is 4.82. The maximum atomic E-state index is 9.26. The van der Waals surface area contributed by atoms with E-state index in [-0.39, 0.29) is 6.10 Å². The van der Waals surface area contributed by atoms with Crippen LogP contribution in [0.25, 0.3) is 0 Å². The highest BCUT2D eigenvalue weighted by Crippen LogP contribution is 2.05. The van der Waals surface area contributed by atoms with Gasteiger partial charge >= 0.3 is 0 Å². The summed E-state index contributed by atoms with van der Waals surface area (Å²) in [7, 11) is 1.61. The number of hydrogen-bond donors (Lipinski definition) is 1. The molecule has 0 fully saturated rings. The van der Waals surface area contributed by atoms with Crippen molar-refractivity contribution in [2.45, 2.75) is 38.2 Å². The van der Waals surface area contributed by atoms with E-state index < -0.39 is 0 Å². The number of allylic oxidation sites excluding steroid dienone is 1. The molecule has 0 rings (SSSR count). The zero-order valence-corrected chi connectivity index (χ0v) is 7.96. The van der Waals surface area contributed by atoms with Gasteiger partial charge in [-0.15, -0.1) is 6.58 Å². The van der Waals surface area contributed by atoms with Crippen LogP contribution in [0.3, 0.4) is 0 Å². The SMILES string of the molecule is C=CCCCCCC(O)COC. The fraction of sp³-hybridized carbons (Fsp3) is 0.800.